The molecular formula is C13H27NO2S. The molecular weight excluding hydrogens is 234 g/mol. The van der Waals surface area contributed by atoms with Crippen LogP contribution in [0, 0.1) is 5.41 Å². The Bertz CT molecular complexity index is 312. The molecule has 1 aliphatic carbocycles. The highest BCUT2D eigenvalue weighted by molar-refractivity contribution is 7.91. The summed E-state index contributed by atoms with van der Waals surface area (Å²) < 4.78 is 22.6. The third-order valence-corrected chi connectivity index (χ3v) is 5.63. The van der Waals surface area contributed by atoms with Gasteiger partial charge in [-0.15, -0.1) is 0 Å². The molecule has 1 N–H and O–H groups in total. The summed E-state index contributed by atoms with van der Waals surface area (Å²) in [5, 5.41) is 3.49. The maximum atomic E-state index is 11.3. The van der Waals surface area contributed by atoms with E-state index in [-0.39, 0.29) is 5.75 Å². The highest BCUT2D eigenvalue weighted by Gasteiger charge is 2.26. The van der Waals surface area contributed by atoms with Crippen molar-refractivity contribution in [1.29, 1.82) is 0 Å². The molecule has 0 bridgehead atoms. The molecule has 4 heteroatoms. The van der Waals surface area contributed by atoms with Crippen LogP contribution in [-0.2, 0) is 9.84 Å². The van der Waals surface area contributed by atoms with Crippen LogP contribution in [-0.4, -0.2) is 32.5 Å². The van der Waals surface area contributed by atoms with Crippen molar-refractivity contribution in [1.82, 2.24) is 5.32 Å². The van der Waals surface area contributed by atoms with Crippen molar-refractivity contribution >= 4 is 9.84 Å². The molecule has 0 atom stereocenters. The average molecular weight is 261 g/mol. The van der Waals surface area contributed by atoms with E-state index in [1.54, 1.807) is 6.92 Å². The minimum absolute atomic E-state index is 0.268. The smallest absolute Gasteiger partial charge is 0.150 e. The summed E-state index contributed by atoms with van der Waals surface area (Å²) in [6.07, 6.45) is 5.76. The topological polar surface area (TPSA) is 46.2 Å². The summed E-state index contributed by atoms with van der Waals surface area (Å²) >= 11 is 0. The van der Waals surface area contributed by atoms with Crippen molar-refractivity contribution in [2.45, 2.75) is 58.9 Å². The minimum atomic E-state index is -2.78. The fourth-order valence-corrected chi connectivity index (χ4v) is 3.22. The maximum Gasteiger partial charge on any atom is 0.150 e. The van der Waals surface area contributed by atoms with Crippen LogP contribution in [0.4, 0.5) is 0 Å². The van der Waals surface area contributed by atoms with Gasteiger partial charge in [-0.25, -0.2) is 8.42 Å². The number of sulfone groups is 1. The largest absolute Gasteiger partial charge is 0.314 e. The molecule has 102 valence electrons. The van der Waals surface area contributed by atoms with Gasteiger partial charge in [0.15, 0.2) is 0 Å². The summed E-state index contributed by atoms with van der Waals surface area (Å²) in [6.45, 7) is 7.21. The lowest BCUT2D eigenvalue weighted by Gasteiger charge is -2.34. The lowest BCUT2D eigenvalue weighted by atomic mass is 9.75. The fourth-order valence-electron chi connectivity index (χ4n) is 2.35. The van der Waals surface area contributed by atoms with Gasteiger partial charge in [-0.2, -0.15) is 0 Å². The van der Waals surface area contributed by atoms with Crippen molar-refractivity contribution in [3.8, 4) is 0 Å². The summed E-state index contributed by atoms with van der Waals surface area (Å²) in [6, 6.07) is 0.604. The van der Waals surface area contributed by atoms with Crippen LogP contribution in [0.25, 0.3) is 0 Å². The van der Waals surface area contributed by atoms with E-state index in [1.807, 2.05) is 0 Å². The fraction of sp³-hybridized carbons (Fsp3) is 1.00. The molecule has 0 aromatic rings. The molecule has 0 spiro atoms. The zero-order chi connectivity index (χ0) is 12.9. The Morgan fingerprint density at radius 1 is 1.24 bits per heavy atom. The molecule has 0 heterocycles. The molecule has 3 nitrogen and oxygen atoms in total. The first-order chi connectivity index (χ1) is 7.85. The Kier molecular flexibility index (Phi) is 5.45. The van der Waals surface area contributed by atoms with Crippen LogP contribution < -0.4 is 5.32 Å². The van der Waals surface area contributed by atoms with Crippen molar-refractivity contribution in [3.05, 3.63) is 0 Å². The van der Waals surface area contributed by atoms with Crippen molar-refractivity contribution in [3.63, 3.8) is 0 Å². The number of hydrogen-bond donors (Lipinski definition) is 1. The molecule has 1 fully saturated rings. The quantitative estimate of drug-likeness (QED) is 0.747. The average Bonchev–Trinajstić information content (AvgIpc) is 2.26. The second-order valence-electron chi connectivity index (χ2n) is 5.98. The first-order valence-electron chi connectivity index (χ1n) is 6.78. The molecule has 1 aliphatic rings. The van der Waals surface area contributed by atoms with E-state index in [9.17, 15) is 8.42 Å². The Morgan fingerprint density at radius 3 is 2.35 bits per heavy atom. The summed E-state index contributed by atoms with van der Waals surface area (Å²) in [5.74, 6) is 0.597. The van der Waals surface area contributed by atoms with Gasteiger partial charge in [-0.3, -0.25) is 0 Å². The van der Waals surface area contributed by atoms with Gasteiger partial charge in [0.05, 0.1) is 5.75 Å². The molecule has 0 aromatic heterocycles. The summed E-state index contributed by atoms with van der Waals surface area (Å²) in [7, 11) is -2.78. The molecule has 0 aliphatic heterocycles. The predicted octanol–water partition coefficient (Wildman–Crippen LogP) is 2.37. The minimum Gasteiger partial charge on any atom is -0.314 e. The number of nitrogens with one attached hydrogen (secondary N) is 1. The van der Waals surface area contributed by atoms with Gasteiger partial charge >= 0.3 is 0 Å². The lowest BCUT2D eigenvalue weighted by Crippen LogP contribution is -2.36. The maximum absolute atomic E-state index is 11.3. The molecule has 1 saturated carbocycles. The van der Waals surface area contributed by atoms with Gasteiger partial charge in [-0.05, 0) is 44.1 Å². The van der Waals surface area contributed by atoms with Gasteiger partial charge < -0.3 is 5.32 Å². The van der Waals surface area contributed by atoms with E-state index in [4.69, 9.17) is 0 Å². The van der Waals surface area contributed by atoms with Crippen LogP contribution in [0.2, 0.25) is 0 Å². The molecule has 1 rings (SSSR count). The van der Waals surface area contributed by atoms with E-state index >= 15 is 0 Å². The standard InChI is InChI=1S/C13H27NO2S/c1-4-17(15,16)11-5-10-14-12-6-8-13(2,3)9-7-12/h12,14H,4-11H2,1-3H3. The first-order valence-corrected chi connectivity index (χ1v) is 8.60. The second kappa shape index (κ2) is 6.19. The van der Waals surface area contributed by atoms with Gasteiger partial charge in [-0.1, -0.05) is 20.8 Å². The SMILES string of the molecule is CCS(=O)(=O)CCCNC1CCC(C)(C)CC1. The number of rotatable bonds is 6. The van der Waals surface area contributed by atoms with Crippen LogP contribution in [0.1, 0.15) is 52.9 Å². The second-order valence-corrected chi connectivity index (χ2v) is 8.46. The van der Waals surface area contributed by atoms with Crippen LogP contribution in [0.3, 0.4) is 0 Å². The number of hydrogen-bond acceptors (Lipinski definition) is 3. The predicted molar refractivity (Wildman–Crippen MR) is 73.0 cm³/mol. The third-order valence-electron chi connectivity index (χ3n) is 3.84. The molecule has 17 heavy (non-hydrogen) atoms. The van der Waals surface area contributed by atoms with E-state index < -0.39 is 9.84 Å². The molecule has 0 aromatic carbocycles. The summed E-state index contributed by atoms with van der Waals surface area (Å²) in [5.41, 5.74) is 0.504. The zero-order valence-electron chi connectivity index (χ0n) is 11.5. The van der Waals surface area contributed by atoms with Crippen LogP contribution in [0.15, 0.2) is 0 Å². The van der Waals surface area contributed by atoms with Gasteiger partial charge in [0.1, 0.15) is 9.84 Å². The van der Waals surface area contributed by atoms with Gasteiger partial charge in [0, 0.05) is 11.8 Å². The lowest BCUT2D eigenvalue weighted by molar-refractivity contribution is 0.207. The Balaban J connectivity index is 2.13. The van der Waals surface area contributed by atoms with Crippen molar-refractivity contribution in [2.24, 2.45) is 5.41 Å². The van der Waals surface area contributed by atoms with Crippen LogP contribution >= 0.6 is 0 Å². The van der Waals surface area contributed by atoms with E-state index in [1.165, 1.54) is 25.7 Å². The highest BCUT2D eigenvalue weighted by Crippen LogP contribution is 2.34. The third kappa shape index (κ3) is 5.87. The van der Waals surface area contributed by atoms with Crippen molar-refractivity contribution < 1.29 is 8.42 Å². The van der Waals surface area contributed by atoms with Gasteiger partial charge in [0.25, 0.3) is 0 Å². The Hall–Kier alpha value is -0.0900. The monoisotopic (exact) mass is 261 g/mol. The van der Waals surface area contributed by atoms with Crippen LogP contribution in [0.5, 0.6) is 0 Å². The van der Waals surface area contributed by atoms with E-state index in [0.29, 0.717) is 17.2 Å². The van der Waals surface area contributed by atoms with Gasteiger partial charge in [0.2, 0.25) is 0 Å². The Labute approximate surface area is 106 Å². The van der Waals surface area contributed by atoms with E-state index in [2.05, 4.69) is 19.2 Å². The van der Waals surface area contributed by atoms with Crippen molar-refractivity contribution in [2.75, 3.05) is 18.1 Å². The molecule has 0 unspecified atom stereocenters. The highest BCUT2D eigenvalue weighted by atomic mass is 32.2. The molecule has 0 saturated heterocycles. The first kappa shape index (κ1) is 15.0. The molecule has 0 amide bonds. The molecule has 0 radical (unpaired) electrons. The zero-order valence-corrected chi connectivity index (χ0v) is 12.3. The normalized spacial score (nSPS) is 21.6. The van der Waals surface area contributed by atoms with E-state index in [0.717, 1.165) is 13.0 Å². The Morgan fingerprint density at radius 2 is 1.82 bits per heavy atom. The summed E-state index contributed by atoms with van der Waals surface area (Å²) in [4.78, 5) is 0.